The Morgan fingerprint density at radius 3 is 2.44 bits per heavy atom. The van der Waals surface area contributed by atoms with E-state index in [2.05, 4.69) is 0 Å². The summed E-state index contributed by atoms with van der Waals surface area (Å²) >= 11 is 1.55. The molecule has 1 N–H and O–H groups in total. The number of methoxy groups -OCH3 is 2. The fourth-order valence-corrected chi connectivity index (χ4v) is 3.83. The van der Waals surface area contributed by atoms with Crippen molar-refractivity contribution < 1.29 is 28.9 Å². The number of benzene rings is 2. The molecule has 7 heteroatoms. The van der Waals surface area contributed by atoms with Gasteiger partial charge in [0.2, 0.25) is 0 Å². The van der Waals surface area contributed by atoms with Crippen LogP contribution in [-0.4, -0.2) is 36.7 Å². The molecule has 32 heavy (non-hydrogen) atoms. The van der Waals surface area contributed by atoms with E-state index in [-0.39, 0.29) is 5.78 Å². The van der Waals surface area contributed by atoms with Crippen LogP contribution in [0.15, 0.2) is 60.0 Å². The van der Waals surface area contributed by atoms with Crippen LogP contribution >= 0.6 is 11.3 Å². The maximum absolute atomic E-state index is 13.1. The van der Waals surface area contributed by atoms with Gasteiger partial charge in [0.15, 0.2) is 11.4 Å². The molecule has 166 valence electrons. The number of carboxylic acid groups (broad SMARTS) is 1. The van der Waals surface area contributed by atoms with E-state index in [9.17, 15) is 14.7 Å². The van der Waals surface area contributed by atoms with Crippen molar-refractivity contribution in [3.8, 4) is 27.7 Å². The van der Waals surface area contributed by atoms with Gasteiger partial charge in [0.1, 0.15) is 22.8 Å². The Morgan fingerprint density at radius 1 is 1.03 bits per heavy atom. The number of carbonyl (C=O) groups excluding carboxylic acids is 1. The highest BCUT2D eigenvalue weighted by Gasteiger charge is 2.29. The van der Waals surface area contributed by atoms with E-state index >= 15 is 0 Å². The van der Waals surface area contributed by atoms with Crippen molar-refractivity contribution in [1.29, 1.82) is 0 Å². The van der Waals surface area contributed by atoms with E-state index in [4.69, 9.17) is 14.2 Å². The maximum Gasteiger partial charge on any atom is 0.347 e. The second kappa shape index (κ2) is 9.70. The number of thiophene rings is 1. The van der Waals surface area contributed by atoms with Crippen LogP contribution in [0.25, 0.3) is 16.5 Å². The first-order chi connectivity index (χ1) is 15.3. The van der Waals surface area contributed by atoms with Crippen molar-refractivity contribution in [2.24, 2.45) is 0 Å². The summed E-state index contributed by atoms with van der Waals surface area (Å²) in [7, 11) is 3.03. The zero-order chi connectivity index (χ0) is 23.3. The lowest BCUT2D eigenvalue weighted by molar-refractivity contribution is -0.152. The lowest BCUT2D eigenvalue weighted by Gasteiger charge is -2.21. The third-order valence-electron chi connectivity index (χ3n) is 4.75. The Bertz CT molecular complexity index is 1150. The largest absolute Gasteiger partial charge is 0.496 e. The number of hydrogen-bond donors (Lipinski definition) is 1. The van der Waals surface area contributed by atoms with Crippen LogP contribution in [0.2, 0.25) is 0 Å². The quantitative estimate of drug-likeness (QED) is 0.338. The van der Waals surface area contributed by atoms with Gasteiger partial charge >= 0.3 is 5.97 Å². The Balaban J connectivity index is 1.93. The summed E-state index contributed by atoms with van der Waals surface area (Å²) in [5.74, 6) is -0.103. The lowest BCUT2D eigenvalue weighted by Crippen LogP contribution is -2.37. The first-order valence-electron chi connectivity index (χ1n) is 9.80. The maximum atomic E-state index is 13.1. The third-order valence-corrected chi connectivity index (χ3v) is 5.65. The summed E-state index contributed by atoms with van der Waals surface area (Å²) in [5.41, 5.74) is 0.452. The number of ether oxygens (including phenoxy) is 3. The van der Waals surface area contributed by atoms with Crippen molar-refractivity contribution in [3.05, 3.63) is 71.1 Å². The van der Waals surface area contributed by atoms with E-state index in [0.29, 0.717) is 28.4 Å². The molecule has 0 spiro atoms. The monoisotopic (exact) mass is 452 g/mol. The topological polar surface area (TPSA) is 82.1 Å². The zero-order valence-corrected chi connectivity index (χ0v) is 19.1. The molecule has 0 bridgehead atoms. The van der Waals surface area contributed by atoms with E-state index < -0.39 is 11.6 Å². The molecule has 6 nitrogen and oxygen atoms in total. The van der Waals surface area contributed by atoms with Crippen molar-refractivity contribution in [3.63, 3.8) is 0 Å². The van der Waals surface area contributed by atoms with Gasteiger partial charge in [-0.05, 0) is 61.2 Å². The second-order valence-electron chi connectivity index (χ2n) is 7.39. The van der Waals surface area contributed by atoms with Crippen molar-refractivity contribution in [2.75, 3.05) is 14.2 Å². The van der Waals surface area contributed by atoms with Gasteiger partial charge in [-0.2, -0.15) is 0 Å². The van der Waals surface area contributed by atoms with Crippen LogP contribution in [0.1, 0.15) is 29.8 Å². The van der Waals surface area contributed by atoms with Gasteiger partial charge in [0.05, 0.1) is 14.2 Å². The molecule has 0 saturated heterocycles. The van der Waals surface area contributed by atoms with Gasteiger partial charge in [0.25, 0.3) is 0 Å². The summed E-state index contributed by atoms with van der Waals surface area (Å²) in [4.78, 5) is 25.4. The van der Waals surface area contributed by atoms with Crippen molar-refractivity contribution >= 4 is 29.2 Å². The van der Waals surface area contributed by atoms with Gasteiger partial charge in [-0.25, -0.2) is 4.79 Å². The third kappa shape index (κ3) is 5.00. The number of ketones is 1. The van der Waals surface area contributed by atoms with Gasteiger partial charge in [-0.15, -0.1) is 11.3 Å². The Hall–Kier alpha value is -3.58. The number of carboxylic acids is 1. The van der Waals surface area contributed by atoms with Crippen LogP contribution in [-0.2, 0) is 4.79 Å². The van der Waals surface area contributed by atoms with Gasteiger partial charge in [0, 0.05) is 10.4 Å². The molecule has 3 rings (SSSR count). The summed E-state index contributed by atoms with van der Waals surface area (Å²) in [6.07, 6.45) is 3.07. The van der Waals surface area contributed by atoms with Crippen LogP contribution < -0.4 is 14.2 Å². The summed E-state index contributed by atoms with van der Waals surface area (Å²) in [6.45, 7) is 2.95. The van der Waals surface area contributed by atoms with E-state index in [1.165, 1.54) is 34.1 Å². The average molecular weight is 453 g/mol. The average Bonchev–Trinajstić information content (AvgIpc) is 3.31. The number of hydrogen-bond acceptors (Lipinski definition) is 6. The molecule has 0 radical (unpaired) electrons. The number of allylic oxidation sites excluding steroid dienone is 1. The van der Waals surface area contributed by atoms with Crippen LogP contribution in [0.5, 0.6) is 17.2 Å². The Labute approximate surface area is 190 Å². The van der Waals surface area contributed by atoms with E-state index in [1.807, 2.05) is 23.6 Å². The molecule has 0 saturated carbocycles. The zero-order valence-electron chi connectivity index (χ0n) is 18.2. The molecule has 1 heterocycles. The molecular formula is C25H24O6S. The predicted molar refractivity (Wildman–Crippen MR) is 125 cm³/mol. The highest BCUT2D eigenvalue weighted by molar-refractivity contribution is 7.13. The molecule has 0 unspecified atom stereocenters. The standard InChI is InChI=1S/C25H24O6S/c1-25(2,24(27)28)31-17-8-5-7-16(15-17)10-12-19(26)22-20(29-3)13-11-18(23(22)30-4)21-9-6-14-32-21/h5-15H,1-4H3,(H,27,28). The van der Waals surface area contributed by atoms with Crippen LogP contribution in [0.4, 0.5) is 0 Å². The fourth-order valence-electron chi connectivity index (χ4n) is 3.08. The van der Waals surface area contributed by atoms with Gasteiger partial charge in [-0.1, -0.05) is 24.3 Å². The number of rotatable bonds is 9. The van der Waals surface area contributed by atoms with Crippen molar-refractivity contribution in [2.45, 2.75) is 19.4 Å². The molecular weight excluding hydrogens is 428 g/mol. The minimum Gasteiger partial charge on any atom is -0.496 e. The van der Waals surface area contributed by atoms with E-state index in [1.54, 1.807) is 47.7 Å². The minimum absolute atomic E-state index is 0.283. The Morgan fingerprint density at radius 2 is 1.81 bits per heavy atom. The number of aliphatic carboxylic acids is 1. The summed E-state index contributed by atoms with van der Waals surface area (Å²) < 4.78 is 16.6. The minimum atomic E-state index is -1.37. The highest BCUT2D eigenvalue weighted by Crippen LogP contribution is 2.40. The molecule has 0 atom stereocenters. The Kier molecular flexibility index (Phi) is 7.00. The van der Waals surface area contributed by atoms with E-state index in [0.717, 1.165) is 10.4 Å². The molecule has 2 aromatic carbocycles. The first kappa shape index (κ1) is 23.1. The molecule has 0 amide bonds. The van der Waals surface area contributed by atoms with Gasteiger partial charge in [-0.3, -0.25) is 4.79 Å². The smallest absolute Gasteiger partial charge is 0.347 e. The predicted octanol–water partition coefficient (Wildman–Crippen LogP) is 5.57. The molecule has 1 aromatic heterocycles. The summed E-state index contributed by atoms with van der Waals surface area (Å²) in [5, 5.41) is 11.2. The van der Waals surface area contributed by atoms with Gasteiger partial charge < -0.3 is 19.3 Å². The fraction of sp³-hybridized carbons (Fsp3) is 0.200. The number of carbonyl (C=O) groups is 2. The highest BCUT2D eigenvalue weighted by atomic mass is 32.1. The SMILES string of the molecule is COc1ccc(-c2cccs2)c(OC)c1C(=O)C=Cc1cccc(OC(C)(C)C(=O)O)c1. The molecule has 0 aliphatic carbocycles. The molecule has 0 aliphatic heterocycles. The van der Waals surface area contributed by atoms with Crippen LogP contribution in [0, 0.1) is 0 Å². The molecule has 3 aromatic rings. The second-order valence-corrected chi connectivity index (χ2v) is 8.34. The summed E-state index contributed by atoms with van der Waals surface area (Å²) in [6, 6.07) is 14.4. The first-order valence-corrected chi connectivity index (χ1v) is 10.7. The molecule has 0 aliphatic rings. The van der Waals surface area contributed by atoms with Crippen molar-refractivity contribution in [1.82, 2.24) is 0 Å². The molecule has 0 fully saturated rings. The normalized spacial score (nSPS) is 11.4. The lowest BCUT2D eigenvalue weighted by atomic mass is 10.0. The van der Waals surface area contributed by atoms with Crippen LogP contribution in [0.3, 0.4) is 0 Å².